The lowest BCUT2D eigenvalue weighted by molar-refractivity contribution is -0.101. The first-order valence-electron chi connectivity index (χ1n) is 9.73. The fraction of sp³-hybridized carbons (Fsp3) is 0.455. The van der Waals surface area contributed by atoms with E-state index in [4.69, 9.17) is 23.1 Å². The van der Waals surface area contributed by atoms with Gasteiger partial charge in [0.25, 0.3) is 0 Å². The molecule has 28 heavy (non-hydrogen) atoms. The molecule has 0 spiro atoms. The Bertz CT molecular complexity index is 945. The second kappa shape index (κ2) is 6.61. The second-order valence-electron chi connectivity index (χ2n) is 8.46. The lowest BCUT2D eigenvalue weighted by Gasteiger charge is -2.47. The SMILES string of the molecule is Cc1cc(F)cc(C2(O)CCC2Cc2cc(N)c(C3(O)CCC3)cc2Cl)c1N. The molecule has 150 valence electrons. The minimum absolute atomic E-state index is 0.134. The Morgan fingerprint density at radius 3 is 2.39 bits per heavy atom. The Morgan fingerprint density at radius 1 is 1.11 bits per heavy atom. The normalized spacial score (nSPS) is 25.8. The fourth-order valence-electron chi connectivity index (χ4n) is 4.60. The van der Waals surface area contributed by atoms with Crippen LogP contribution in [0.5, 0.6) is 0 Å². The van der Waals surface area contributed by atoms with E-state index in [9.17, 15) is 14.6 Å². The highest BCUT2D eigenvalue weighted by Gasteiger charge is 2.48. The van der Waals surface area contributed by atoms with Gasteiger partial charge < -0.3 is 21.7 Å². The first-order chi connectivity index (χ1) is 13.1. The lowest BCUT2D eigenvalue weighted by Crippen LogP contribution is -2.46. The molecule has 0 aliphatic heterocycles. The van der Waals surface area contributed by atoms with Crippen molar-refractivity contribution in [2.24, 2.45) is 5.92 Å². The van der Waals surface area contributed by atoms with Crippen molar-refractivity contribution >= 4 is 23.0 Å². The van der Waals surface area contributed by atoms with E-state index < -0.39 is 17.0 Å². The van der Waals surface area contributed by atoms with Crippen molar-refractivity contribution in [3.05, 3.63) is 57.4 Å². The quantitative estimate of drug-likeness (QED) is 0.575. The summed E-state index contributed by atoms with van der Waals surface area (Å²) in [6, 6.07) is 6.26. The van der Waals surface area contributed by atoms with Gasteiger partial charge in [0.15, 0.2) is 0 Å². The van der Waals surface area contributed by atoms with E-state index >= 15 is 0 Å². The first-order valence-corrected chi connectivity index (χ1v) is 10.1. The Kier molecular flexibility index (Phi) is 4.60. The van der Waals surface area contributed by atoms with E-state index in [1.165, 1.54) is 12.1 Å². The van der Waals surface area contributed by atoms with Gasteiger partial charge in [0.05, 0.1) is 11.2 Å². The molecule has 2 aliphatic carbocycles. The van der Waals surface area contributed by atoms with Gasteiger partial charge in [-0.25, -0.2) is 4.39 Å². The molecule has 4 rings (SSSR count). The number of aliphatic hydroxyl groups is 2. The van der Waals surface area contributed by atoms with Crippen molar-refractivity contribution in [3.8, 4) is 0 Å². The van der Waals surface area contributed by atoms with Gasteiger partial charge in [0.2, 0.25) is 0 Å². The van der Waals surface area contributed by atoms with Gasteiger partial charge in [0.1, 0.15) is 5.82 Å². The van der Waals surface area contributed by atoms with Crippen molar-refractivity contribution in [1.82, 2.24) is 0 Å². The third-order valence-corrected chi connectivity index (χ3v) is 7.09. The molecule has 0 radical (unpaired) electrons. The standard InChI is InChI=1S/C22H26ClFN2O2/c1-12-7-15(24)10-17(20(12)26)22(28)6-3-14(22)8-13-9-19(25)16(11-18(13)23)21(27)4-2-5-21/h7,9-11,14,27-28H,2-6,8,25-26H2,1H3. The highest BCUT2D eigenvalue weighted by Crippen LogP contribution is 2.51. The van der Waals surface area contributed by atoms with Gasteiger partial charge in [-0.2, -0.15) is 0 Å². The summed E-state index contributed by atoms with van der Waals surface area (Å²) >= 11 is 6.50. The van der Waals surface area contributed by atoms with Gasteiger partial charge in [-0.3, -0.25) is 0 Å². The van der Waals surface area contributed by atoms with E-state index in [0.29, 0.717) is 58.8 Å². The van der Waals surface area contributed by atoms with Crippen LogP contribution in [-0.4, -0.2) is 10.2 Å². The molecule has 6 N–H and O–H groups in total. The predicted molar refractivity (Wildman–Crippen MR) is 109 cm³/mol. The highest BCUT2D eigenvalue weighted by atomic mass is 35.5. The van der Waals surface area contributed by atoms with Crippen molar-refractivity contribution in [2.75, 3.05) is 11.5 Å². The number of nitrogens with two attached hydrogens (primary N) is 2. The molecule has 2 aliphatic rings. The molecule has 2 saturated carbocycles. The molecule has 6 heteroatoms. The molecule has 0 amide bonds. The van der Waals surface area contributed by atoms with Crippen molar-refractivity contribution in [3.63, 3.8) is 0 Å². The summed E-state index contributed by atoms with van der Waals surface area (Å²) in [4.78, 5) is 0. The van der Waals surface area contributed by atoms with Crippen LogP contribution in [0.25, 0.3) is 0 Å². The number of hydrogen-bond acceptors (Lipinski definition) is 4. The monoisotopic (exact) mass is 404 g/mol. The second-order valence-corrected chi connectivity index (χ2v) is 8.87. The van der Waals surface area contributed by atoms with Crippen LogP contribution < -0.4 is 11.5 Å². The molecule has 0 saturated heterocycles. The average Bonchev–Trinajstić information content (AvgIpc) is 2.61. The topological polar surface area (TPSA) is 92.5 Å². The molecule has 2 fully saturated rings. The summed E-state index contributed by atoms with van der Waals surface area (Å²) < 4.78 is 13.9. The lowest BCUT2D eigenvalue weighted by atomic mass is 9.63. The van der Waals surface area contributed by atoms with Crippen LogP contribution in [0.15, 0.2) is 24.3 Å². The van der Waals surface area contributed by atoms with E-state index in [-0.39, 0.29) is 5.92 Å². The van der Waals surface area contributed by atoms with E-state index in [2.05, 4.69) is 0 Å². The van der Waals surface area contributed by atoms with Crippen LogP contribution >= 0.6 is 11.6 Å². The number of nitrogen functional groups attached to an aromatic ring is 2. The Hall–Kier alpha value is -1.82. The molecule has 2 unspecified atom stereocenters. The molecule has 2 atom stereocenters. The first kappa shape index (κ1) is 19.5. The molecular formula is C22H26ClFN2O2. The van der Waals surface area contributed by atoms with Crippen LogP contribution in [0.2, 0.25) is 5.02 Å². The smallest absolute Gasteiger partial charge is 0.124 e. The van der Waals surface area contributed by atoms with Crippen molar-refractivity contribution in [2.45, 2.75) is 56.7 Å². The summed E-state index contributed by atoms with van der Waals surface area (Å²) in [6.45, 7) is 1.74. The van der Waals surface area contributed by atoms with Crippen LogP contribution in [0.4, 0.5) is 15.8 Å². The van der Waals surface area contributed by atoms with Crippen LogP contribution in [0.1, 0.15) is 54.4 Å². The molecule has 0 bridgehead atoms. The third kappa shape index (κ3) is 2.97. The van der Waals surface area contributed by atoms with Gasteiger partial charge in [-0.15, -0.1) is 0 Å². The summed E-state index contributed by atoms with van der Waals surface area (Å²) in [5.41, 5.74) is 13.8. The Morgan fingerprint density at radius 2 is 1.82 bits per heavy atom. The van der Waals surface area contributed by atoms with E-state index in [0.717, 1.165) is 18.4 Å². The highest BCUT2D eigenvalue weighted by molar-refractivity contribution is 6.31. The Balaban J connectivity index is 1.62. The maximum Gasteiger partial charge on any atom is 0.124 e. The number of anilines is 2. The van der Waals surface area contributed by atoms with Crippen LogP contribution in [0, 0.1) is 18.7 Å². The zero-order valence-electron chi connectivity index (χ0n) is 15.9. The minimum Gasteiger partial charge on any atom is -0.398 e. The largest absolute Gasteiger partial charge is 0.398 e. The average molecular weight is 405 g/mol. The molecule has 0 heterocycles. The molecule has 2 aromatic carbocycles. The molecule has 4 nitrogen and oxygen atoms in total. The maximum absolute atomic E-state index is 13.9. The van der Waals surface area contributed by atoms with E-state index in [1.807, 2.05) is 0 Å². The Labute approximate surface area is 169 Å². The maximum atomic E-state index is 13.9. The fourth-order valence-corrected chi connectivity index (χ4v) is 4.84. The number of benzene rings is 2. The van der Waals surface area contributed by atoms with Gasteiger partial charge in [0, 0.05) is 27.5 Å². The van der Waals surface area contributed by atoms with Crippen molar-refractivity contribution in [1.29, 1.82) is 0 Å². The molecule has 0 aromatic heterocycles. The van der Waals surface area contributed by atoms with Gasteiger partial charge >= 0.3 is 0 Å². The van der Waals surface area contributed by atoms with Crippen molar-refractivity contribution < 1.29 is 14.6 Å². The number of halogens is 2. The number of rotatable bonds is 4. The summed E-state index contributed by atoms with van der Waals surface area (Å²) in [5.74, 6) is -0.535. The molecule has 2 aromatic rings. The van der Waals surface area contributed by atoms with Crippen LogP contribution in [0.3, 0.4) is 0 Å². The zero-order valence-corrected chi connectivity index (χ0v) is 16.7. The number of aryl methyl sites for hydroxylation is 1. The summed E-state index contributed by atoms with van der Waals surface area (Å²) in [7, 11) is 0. The van der Waals surface area contributed by atoms with E-state index in [1.54, 1.807) is 19.1 Å². The van der Waals surface area contributed by atoms with Gasteiger partial charge in [-0.1, -0.05) is 11.6 Å². The molecular weight excluding hydrogens is 379 g/mol. The summed E-state index contributed by atoms with van der Waals surface area (Å²) in [5, 5.41) is 22.4. The summed E-state index contributed by atoms with van der Waals surface area (Å²) in [6.07, 6.45) is 4.16. The third-order valence-electron chi connectivity index (χ3n) is 6.73. The number of hydrogen-bond donors (Lipinski definition) is 4. The zero-order chi connectivity index (χ0) is 20.3. The van der Waals surface area contributed by atoms with Gasteiger partial charge in [-0.05, 0) is 86.8 Å². The minimum atomic E-state index is -1.18. The predicted octanol–water partition coefficient (Wildman–Crippen LogP) is 4.16. The van der Waals surface area contributed by atoms with Crippen LogP contribution in [-0.2, 0) is 17.6 Å².